The number of allylic oxidation sites excluding steroid dienone is 2. The molecule has 0 spiro atoms. The molecule has 0 unspecified atom stereocenters. The first kappa shape index (κ1) is 12.7. The fraction of sp³-hybridized carbons (Fsp3) is 0.429. The van der Waals surface area contributed by atoms with Crippen LogP contribution in [0.5, 0.6) is 0 Å². The van der Waals surface area contributed by atoms with Crippen molar-refractivity contribution >= 4 is 28.6 Å². The zero-order chi connectivity index (χ0) is 12.3. The van der Waals surface area contributed by atoms with E-state index in [0.717, 1.165) is 18.6 Å². The number of benzene rings is 1. The molecule has 0 heterocycles. The number of ether oxygens (including phenoxy) is 1. The zero-order valence-electron chi connectivity index (χ0n) is 10.4. The Morgan fingerprint density at radius 3 is 2.59 bits per heavy atom. The van der Waals surface area contributed by atoms with Crippen molar-refractivity contribution in [3.05, 3.63) is 41.3 Å². The van der Waals surface area contributed by atoms with Crippen molar-refractivity contribution in [1.82, 2.24) is 0 Å². The summed E-state index contributed by atoms with van der Waals surface area (Å²) < 4.78 is 7.77. The summed E-state index contributed by atoms with van der Waals surface area (Å²) in [6, 6.07) is 8.48. The molecule has 0 atom stereocenters. The van der Waals surface area contributed by atoms with Crippen LogP contribution in [-0.4, -0.2) is 7.11 Å². The van der Waals surface area contributed by atoms with E-state index in [1.54, 1.807) is 7.11 Å². The second-order valence-electron chi connectivity index (χ2n) is 4.35. The first-order chi connectivity index (χ1) is 8.24. The fourth-order valence-electron chi connectivity index (χ4n) is 2.22. The van der Waals surface area contributed by atoms with Crippen molar-refractivity contribution < 1.29 is 4.74 Å². The topological polar surface area (TPSA) is 12.5 Å². The molecule has 2 nitrogen and oxygen atoms in total. The smallest absolute Gasteiger partial charge is 0.116 e. The molecule has 0 radical (unpaired) electrons. The molecule has 1 aromatic rings. The molecule has 92 valence electrons. The maximum Gasteiger partial charge on any atom is 0.116 e. The number of hydrogen-bond donors (Lipinski definition) is 0. The summed E-state index contributed by atoms with van der Waals surface area (Å²) in [6.07, 6.45) is 4.68. The molecule has 0 bridgehead atoms. The van der Waals surface area contributed by atoms with Gasteiger partial charge in [0.05, 0.1) is 41.4 Å². The van der Waals surface area contributed by atoms with E-state index in [4.69, 9.17) is 4.74 Å². The van der Waals surface area contributed by atoms with E-state index >= 15 is 0 Å². The second-order valence-corrected chi connectivity index (χ2v) is 5.31. The van der Waals surface area contributed by atoms with Crippen LogP contribution in [0.25, 0.3) is 0 Å². The van der Waals surface area contributed by atoms with Crippen molar-refractivity contribution in [3.63, 3.8) is 0 Å². The van der Waals surface area contributed by atoms with Crippen LogP contribution in [0.2, 0.25) is 0 Å². The molecule has 0 aliphatic heterocycles. The van der Waals surface area contributed by atoms with Crippen LogP contribution < -0.4 is 3.11 Å². The third kappa shape index (κ3) is 2.76. The first-order valence-corrected chi connectivity index (χ1v) is 6.98. The average molecular weight is 343 g/mol. The van der Waals surface area contributed by atoms with E-state index in [2.05, 4.69) is 57.2 Å². The summed E-state index contributed by atoms with van der Waals surface area (Å²) in [5.41, 5.74) is 3.89. The molecule has 1 aromatic carbocycles. The van der Waals surface area contributed by atoms with Gasteiger partial charge in [0.1, 0.15) is 5.76 Å². The van der Waals surface area contributed by atoms with Crippen LogP contribution in [-0.2, 0) is 4.74 Å². The van der Waals surface area contributed by atoms with Crippen molar-refractivity contribution in [1.29, 1.82) is 0 Å². The Balaban J connectivity index is 2.33. The highest BCUT2D eigenvalue weighted by atomic mass is 127. The van der Waals surface area contributed by atoms with Gasteiger partial charge in [-0.1, -0.05) is 18.2 Å². The lowest BCUT2D eigenvalue weighted by molar-refractivity contribution is 0.260. The normalized spacial score (nSPS) is 15.9. The first-order valence-electron chi connectivity index (χ1n) is 6.01. The molecule has 0 saturated heterocycles. The standard InChI is InChI=1S/C14H18INO/c1-11-7-3-4-8-12(11)16(15)13-9-5-6-10-14(13)17-2/h3-4,7-8H,5-6,9-10H2,1-2H3. The van der Waals surface area contributed by atoms with Gasteiger partial charge in [-0.2, -0.15) is 0 Å². The molecule has 2 rings (SSSR count). The zero-order valence-corrected chi connectivity index (χ0v) is 12.5. The highest BCUT2D eigenvalue weighted by molar-refractivity contribution is 14.1. The number of anilines is 1. The summed E-state index contributed by atoms with van der Waals surface area (Å²) in [4.78, 5) is 0. The molecular formula is C14H18INO. The fourth-order valence-corrected chi connectivity index (χ4v) is 3.27. The molecule has 1 aliphatic carbocycles. The van der Waals surface area contributed by atoms with Crippen LogP contribution in [0.15, 0.2) is 35.7 Å². The third-order valence-corrected chi connectivity index (χ3v) is 4.30. The molecular weight excluding hydrogens is 325 g/mol. The van der Waals surface area contributed by atoms with Crippen molar-refractivity contribution in [3.8, 4) is 0 Å². The maximum absolute atomic E-state index is 5.52. The molecule has 0 saturated carbocycles. The van der Waals surface area contributed by atoms with Crippen LogP contribution >= 0.6 is 22.9 Å². The van der Waals surface area contributed by atoms with E-state index in [-0.39, 0.29) is 0 Å². The lowest BCUT2D eigenvalue weighted by atomic mass is 10.0. The lowest BCUT2D eigenvalue weighted by Gasteiger charge is -2.27. The molecule has 0 N–H and O–H groups in total. The van der Waals surface area contributed by atoms with Gasteiger partial charge in [0.25, 0.3) is 0 Å². The van der Waals surface area contributed by atoms with E-state index in [0.29, 0.717) is 0 Å². The Labute approximate surface area is 117 Å². The number of hydrogen-bond acceptors (Lipinski definition) is 2. The summed E-state index contributed by atoms with van der Waals surface area (Å²) in [7, 11) is 1.78. The van der Waals surface area contributed by atoms with Crippen molar-refractivity contribution in [2.45, 2.75) is 32.6 Å². The van der Waals surface area contributed by atoms with Gasteiger partial charge in [-0.3, -0.25) is 3.11 Å². The van der Waals surface area contributed by atoms with Crippen LogP contribution in [0.3, 0.4) is 0 Å². The van der Waals surface area contributed by atoms with Gasteiger partial charge in [0.15, 0.2) is 0 Å². The van der Waals surface area contributed by atoms with Gasteiger partial charge >= 0.3 is 0 Å². The van der Waals surface area contributed by atoms with E-state index in [1.165, 1.54) is 29.8 Å². The van der Waals surface area contributed by atoms with Gasteiger partial charge in [-0.25, -0.2) is 0 Å². The average Bonchev–Trinajstić information content (AvgIpc) is 2.38. The molecule has 3 heteroatoms. The predicted molar refractivity (Wildman–Crippen MR) is 80.2 cm³/mol. The Hall–Kier alpha value is -0.710. The molecule has 0 aromatic heterocycles. The van der Waals surface area contributed by atoms with Crippen LogP contribution in [0, 0.1) is 6.92 Å². The molecule has 17 heavy (non-hydrogen) atoms. The van der Waals surface area contributed by atoms with Crippen LogP contribution in [0.4, 0.5) is 5.69 Å². The Morgan fingerprint density at radius 1 is 1.18 bits per heavy atom. The van der Waals surface area contributed by atoms with E-state index in [1.807, 2.05) is 0 Å². The number of para-hydroxylation sites is 1. The van der Waals surface area contributed by atoms with Gasteiger partial charge < -0.3 is 4.74 Å². The SMILES string of the molecule is COC1=C(N(I)c2ccccc2C)CCCC1. The second kappa shape index (κ2) is 5.76. The largest absolute Gasteiger partial charge is 0.499 e. The van der Waals surface area contributed by atoms with Gasteiger partial charge in [-0.15, -0.1) is 0 Å². The highest BCUT2D eigenvalue weighted by Crippen LogP contribution is 2.35. The number of rotatable bonds is 3. The van der Waals surface area contributed by atoms with Crippen molar-refractivity contribution in [2.24, 2.45) is 0 Å². The van der Waals surface area contributed by atoms with Crippen LogP contribution in [0.1, 0.15) is 31.2 Å². The monoisotopic (exact) mass is 343 g/mol. The number of methoxy groups -OCH3 is 1. The third-order valence-electron chi connectivity index (χ3n) is 3.20. The summed E-state index contributed by atoms with van der Waals surface area (Å²) in [5.74, 6) is 1.15. The van der Waals surface area contributed by atoms with Gasteiger partial charge in [0, 0.05) is 6.42 Å². The minimum atomic E-state index is 1.07. The maximum atomic E-state index is 5.52. The van der Waals surface area contributed by atoms with Crippen molar-refractivity contribution in [2.75, 3.05) is 10.2 Å². The minimum Gasteiger partial charge on any atom is -0.499 e. The summed E-state index contributed by atoms with van der Waals surface area (Å²) in [5, 5.41) is 0. The van der Waals surface area contributed by atoms with E-state index in [9.17, 15) is 0 Å². The Bertz CT molecular complexity index is 428. The molecule has 0 amide bonds. The number of nitrogens with zero attached hydrogens (tertiary/aromatic N) is 1. The quantitative estimate of drug-likeness (QED) is 0.588. The molecule has 1 aliphatic rings. The summed E-state index contributed by atoms with van der Waals surface area (Å²) >= 11 is 2.39. The van der Waals surface area contributed by atoms with Gasteiger partial charge in [0.2, 0.25) is 0 Å². The number of aryl methyl sites for hydroxylation is 1. The minimum absolute atomic E-state index is 1.07. The Kier molecular flexibility index (Phi) is 4.31. The molecule has 0 fully saturated rings. The predicted octanol–water partition coefficient (Wildman–Crippen LogP) is 4.58. The Morgan fingerprint density at radius 2 is 1.88 bits per heavy atom. The van der Waals surface area contributed by atoms with E-state index < -0.39 is 0 Å². The number of halogens is 1. The lowest BCUT2D eigenvalue weighted by Crippen LogP contribution is -2.16. The highest BCUT2D eigenvalue weighted by Gasteiger charge is 2.19. The summed E-state index contributed by atoms with van der Waals surface area (Å²) in [6.45, 7) is 2.15. The van der Waals surface area contributed by atoms with Gasteiger partial charge in [-0.05, 0) is 37.8 Å².